The van der Waals surface area contributed by atoms with Crippen molar-refractivity contribution in [3.63, 3.8) is 0 Å². The van der Waals surface area contributed by atoms with Gasteiger partial charge in [0.05, 0.1) is 13.2 Å². The summed E-state index contributed by atoms with van der Waals surface area (Å²) < 4.78 is 5.20. The molecule has 2 bridgehead atoms. The van der Waals surface area contributed by atoms with E-state index >= 15 is 0 Å². The van der Waals surface area contributed by atoms with E-state index in [4.69, 9.17) is 4.74 Å². The fourth-order valence-electron chi connectivity index (χ4n) is 4.05. The van der Waals surface area contributed by atoms with Crippen LogP contribution in [0, 0.1) is 5.92 Å². The Labute approximate surface area is 151 Å². The first-order valence-electron chi connectivity index (χ1n) is 8.72. The minimum atomic E-state index is 0. The molecule has 0 saturated carbocycles. The van der Waals surface area contributed by atoms with Crippen LogP contribution >= 0.6 is 12.4 Å². The van der Waals surface area contributed by atoms with Gasteiger partial charge in [0.25, 0.3) is 0 Å². The summed E-state index contributed by atoms with van der Waals surface area (Å²) in [7, 11) is 3.59. The summed E-state index contributed by atoms with van der Waals surface area (Å²) in [6, 6.07) is 9.37. The van der Waals surface area contributed by atoms with Crippen LogP contribution in [0.2, 0.25) is 0 Å². The summed E-state index contributed by atoms with van der Waals surface area (Å²) in [6.07, 6.45) is 5.58. The molecule has 1 amide bonds. The molecule has 1 aromatic carbocycles. The summed E-state index contributed by atoms with van der Waals surface area (Å²) in [5.74, 6) is 1.66. The lowest BCUT2D eigenvalue weighted by Crippen LogP contribution is -2.40. The second-order valence-corrected chi connectivity index (χ2v) is 7.13. The minimum Gasteiger partial charge on any atom is -0.497 e. The zero-order chi connectivity index (χ0) is 16.4. The molecular weight excluding hydrogens is 324 g/mol. The van der Waals surface area contributed by atoms with Gasteiger partial charge in [0.1, 0.15) is 5.75 Å². The number of methoxy groups -OCH3 is 1. The molecule has 2 aliphatic rings. The molecule has 24 heavy (non-hydrogen) atoms. The number of benzene rings is 1. The van der Waals surface area contributed by atoms with Crippen molar-refractivity contribution in [1.82, 2.24) is 10.2 Å². The number of amides is 1. The van der Waals surface area contributed by atoms with Gasteiger partial charge < -0.3 is 15.0 Å². The number of halogens is 1. The van der Waals surface area contributed by atoms with E-state index in [1.807, 2.05) is 36.2 Å². The number of fused-ring (bicyclic) bond motifs is 2. The minimum absolute atomic E-state index is 0. The van der Waals surface area contributed by atoms with Crippen molar-refractivity contribution >= 4 is 18.3 Å². The van der Waals surface area contributed by atoms with E-state index < -0.39 is 0 Å². The quantitative estimate of drug-likeness (QED) is 0.881. The number of carbonyl (C=O) groups excluding carboxylic acids is 1. The largest absolute Gasteiger partial charge is 0.497 e. The van der Waals surface area contributed by atoms with Gasteiger partial charge in [-0.05, 0) is 56.2 Å². The second-order valence-electron chi connectivity index (χ2n) is 7.13. The molecule has 0 spiro atoms. The molecule has 3 rings (SSSR count). The Morgan fingerprint density at radius 1 is 1.25 bits per heavy atom. The third-order valence-electron chi connectivity index (χ3n) is 5.61. The zero-order valence-electron chi connectivity index (χ0n) is 14.8. The first-order chi connectivity index (χ1) is 11.1. The van der Waals surface area contributed by atoms with Gasteiger partial charge in [-0.15, -0.1) is 12.4 Å². The Hall–Kier alpha value is -1.26. The van der Waals surface area contributed by atoms with E-state index in [-0.39, 0.29) is 24.4 Å². The van der Waals surface area contributed by atoms with Crippen molar-refractivity contribution < 1.29 is 9.53 Å². The molecule has 2 fully saturated rings. The van der Waals surface area contributed by atoms with Gasteiger partial charge in [0.15, 0.2) is 0 Å². The number of ether oxygens (including phenoxy) is 1. The highest BCUT2D eigenvalue weighted by Gasteiger charge is 2.34. The van der Waals surface area contributed by atoms with Crippen LogP contribution in [0.3, 0.4) is 0 Å². The van der Waals surface area contributed by atoms with Crippen LogP contribution in [-0.4, -0.2) is 37.0 Å². The van der Waals surface area contributed by atoms with Crippen LogP contribution in [0.4, 0.5) is 0 Å². The molecule has 3 unspecified atom stereocenters. The number of hydrogen-bond donors (Lipinski definition) is 1. The molecule has 0 aromatic heterocycles. The maximum absolute atomic E-state index is 12.7. The lowest BCUT2D eigenvalue weighted by atomic mass is 9.89. The number of piperidine rings is 1. The molecule has 0 aliphatic carbocycles. The number of rotatable bonds is 5. The van der Waals surface area contributed by atoms with Crippen LogP contribution in [0.15, 0.2) is 24.3 Å². The molecule has 1 N–H and O–H groups in total. The van der Waals surface area contributed by atoms with Crippen LogP contribution in [0.25, 0.3) is 0 Å². The first kappa shape index (κ1) is 19.1. The van der Waals surface area contributed by atoms with Gasteiger partial charge in [-0.1, -0.05) is 12.1 Å². The monoisotopic (exact) mass is 352 g/mol. The summed E-state index contributed by atoms with van der Waals surface area (Å²) in [5, 5.41) is 3.65. The van der Waals surface area contributed by atoms with Crippen molar-refractivity contribution in [3.05, 3.63) is 29.8 Å². The average Bonchev–Trinajstić information content (AvgIpc) is 2.92. The number of hydrogen-bond acceptors (Lipinski definition) is 3. The Morgan fingerprint density at radius 2 is 1.83 bits per heavy atom. The van der Waals surface area contributed by atoms with Crippen molar-refractivity contribution in [1.29, 1.82) is 0 Å². The zero-order valence-corrected chi connectivity index (χ0v) is 15.6. The van der Waals surface area contributed by atoms with Gasteiger partial charge in [-0.3, -0.25) is 4.79 Å². The van der Waals surface area contributed by atoms with Gasteiger partial charge >= 0.3 is 0 Å². The smallest absolute Gasteiger partial charge is 0.223 e. The van der Waals surface area contributed by atoms with E-state index in [9.17, 15) is 4.79 Å². The standard InChI is InChI=1S/C19H28N2O2.ClH/c1-13(15-4-8-18(23-3)9-5-15)21(2)19(22)12-14-10-16-6-7-17(11-14)20-16;/h4-5,8-9,13-14,16-17,20H,6-7,10-12H2,1-3H3;1H. The fraction of sp³-hybridized carbons (Fsp3) is 0.632. The molecule has 2 heterocycles. The molecule has 2 saturated heterocycles. The lowest BCUT2D eigenvalue weighted by molar-refractivity contribution is -0.133. The molecular formula is C19H29ClN2O2. The second kappa shape index (κ2) is 8.21. The summed E-state index contributed by atoms with van der Waals surface area (Å²) in [6.45, 7) is 2.09. The predicted octanol–water partition coefficient (Wildman–Crippen LogP) is 3.56. The molecule has 4 nitrogen and oxygen atoms in total. The summed E-state index contributed by atoms with van der Waals surface area (Å²) in [4.78, 5) is 14.6. The average molecular weight is 353 g/mol. The highest BCUT2D eigenvalue weighted by atomic mass is 35.5. The Balaban J connectivity index is 0.00000208. The Morgan fingerprint density at radius 3 is 2.38 bits per heavy atom. The van der Waals surface area contributed by atoms with E-state index in [1.54, 1.807) is 7.11 Å². The van der Waals surface area contributed by atoms with E-state index in [2.05, 4.69) is 12.2 Å². The van der Waals surface area contributed by atoms with E-state index in [1.165, 1.54) is 12.8 Å². The fourth-order valence-corrected chi connectivity index (χ4v) is 4.05. The summed E-state index contributed by atoms with van der Waals surface area (Å²) >= 11 is 0. The van der Waals surface area contributed by atoms with Gasteiger partial charge in [-0.25, -0.2) is 0 Å². The molecule has 3 atom stereocenters. The summed E-state index contributed by atoms with van der Waals surface area (Å²) in [5.41, 5.74) is 1.15. The van der Waals surface area contributed by atoms with Crippen LogP contribution in [0.5, 0.6) is 5.75 Å². The molecule has 0 radical (unpaired) electrons. The maximum Gasteiger partial charge on any atom is 0.223 e. The topological polar surface area (TPSA) is 41.6 Å². The Kier molecular flexibility index (Phi) is 6.53. The SMILES string of the molecule is COc1ccc(C(C)N(C)C(=O)CC2CC3CCC(C2)N3)cc1.Cl. The highest BCUT2D eigenvalue weighted by molar-refractivity contribution is 5.85. The van der Waals surface area contributed by atoms with Crippen LogP contribution in [0.1, 0.15) is 50.6 Å². The first-order valence-corrected chi connectivity index (χ1v) is 8.72. The van der Waals surface area contributed by atoms with E-state index in [0.29, 0.717) is 24.4 Å². The third kappa shape index (κ3) is 4.22. The van der Waals surface area contributed by atoms with Gasteiger partial charge in [0, 0.05) is 25.6 Å². The van der Waals surface area contributed by atoms with Crippen LogP contribution < -0.4 is 10.1 Å². The third-order valence-corrected chi connectivity index (χ3v) is 5.61. The van der Waals surface area contributed by atoms with Crippen LogP contribution in [-0.2, 0) is 4.79 Å². The maximum atomic E-state index is 12.7. The highest BCUT2D eigenvalue weighted by Crippen LogP contribution is 2.33. The molecule has 2 aliphatic heterocycles. The number of nitrogens with zero attached hydrogens (tertiary/aromatic N) is 1. The van der Waals surface area contributed by atoms with E-state index in [0.717, 1.165) is 24.2 Å². The van der Waals surface area contributed by atoms with Gasteiger partial charge in [0.2, 0.25) is 5.91 Å². The normalized spacial score (nSPS) is 26.4. The molecule has 5 heteroatoms. The van der Waals surface area contributed by atoms with Crippen molar-refractivity contribution in [2.75, 3.05) is 14.2 Å². The van der Waals surface area contributed by atoms with Gasteiger partial charge in [-0.2, -0.15) is 0 Å². The predicted molar refractivity (Wildman–Crippen MR) is 98.7 cm³/mol. The number of carbonyl (C=O) groups is 1. The molecule has 134 valence electrons. The number of nitrogens with one attached hydrogen (secondary N) is 1. The Bertz CT molecular complexity index is 537. The lowest BCUT2D eigenvalue weighted by Gasteiger charge is -2.31. The molecule has 1 aromatic rings. The van der Waals surface area contributed by atoms with Crippen molar-refractivity contribution in [2.45, 2.75) is 57.2 Å². The van der Waals surface area contributed by atoms with Crippen molar-refractivity contribution in [3.8, 4) is 5.75 Å². The van der Waals surface area contributed by atoms with Crippen molar-refractivity contribution in [2.24, 2.45) is 5.92 Å².